The molecule has 1 aromatic rings. The van der Waals surface area contributed by atoms with Crippen LogP contribution in [0.15, 0.2) is 29.2 Å². The minimum Gasteiger partial charge on any atom is -0.354 e. The maximum absolute atomic E-state index is 12.1. The summed E-state index contributed by atoms with van der Waals surface area (Å²) in [6, 6.07) is 6.20. The minimum atomic E-state index is -3.80. The van der Waals surface area contributed by atoms with Crippen molar-refractivity contribution in [1.29, 1.82) is 0 Å². The molecule has 10 heteroatoms. The maximum Gasteiger partial charge on any atom is 0.241 e. The third kappa shape index (κ3) is 8.65. The largest absolute Gasteiger partial charge is 0.354 e. The van der Waals surface area contributed by atoms with E-state index in [4.69, 9.17) is 0 Å². The van der Waals surface area contributed by atoms with Crippen molar-refractivity contribution in [2.24, 2.45) is 5.92 Å². The highest BCUT2D eigenvalue weighted by Crippen LogP contribution is 2.09. The molecule has 0 unspecified atom stereocenters. The van der Waals surface area contributed by atoms with Crippen molar-refractivity contribution in [3.05, 3.63) is 29.8 Å². The average Bonchev–Trinajstić information content (AvgIpc) is 2.62. The minimum absolute atomic E-state index is 0.0575. The van der Waals surface area contributed by atoms with Gasteiger partial charge in [0.05, 0.1) is 18.0 Å². The summed E-state index contributed by atoms with van der Waals surface area (Å²) < 4.78 is 26.3. The van der Waals surface area contributed by atoms with Crippen molar-refractivity contribution < 1.29 is 22.8 Å². The lowest BCUT2D eigenvalue weighted by Crippen LogP contribution is -2.43. The first-order valence-corrected chi connectivity index (χ1v) is 9.97. The highest BCUT2D eigenvalue weighted by Gasteiger charge is 2.15. The van der Waals surface area contributed by atoms with Gasteiger partial charge < -0.3 is 16.0 Å². The van der Waals surface area contributed by atoms with Gasteiger partial charge in [0.1, 0.15) is 0 Å². The number of rotatable bonds is 10. The van der Waals surface area contributed by atoms with E-state index in [1.807, 2.05) is 6.92 Å². The molecule has 1 aromatic carbocycles. The molecule has 0 spiro atoms. The SMILES string of the molecule is Cc1ccc(S(=O)(=O)NCC(=O)NCC(=O)NCCNC(=O)C(C)C)cc1. The summed E-state index contributed by atoms with van der Waals surface area (Å²) in [6.07, 6.45) is 0. The molecule has 0 fully saturated rings. The van der Waals surface area contributed by atoms with Gasteiger partial charge in [0.2, 0.25) is 27.7 Å². The zero-order chi connectivity index (χ0) is 20.4. The molecule has 0 bridgehead atoms. The lowest BCUT2D eigenvalue weighted by Gasteiger charge is -2.10. The molecular weight excluding hydrogens is 372 g/mol. The number of sulfonamides is 1. The maximum atomic E-state index is 12.1. The summed E-state index contributed by atoms with van der Waals surface area (Å²) in [4.78, 5) is 34.7. The number of nitrogens with one attached hydrogen (secondary N) is 4. The van der Waals surface area contributed by atoms with E-state index in [9.17, 15) is 22.8 Å². The third-order valence-electron chi connectivity index (χ3n) is 3.47. The van der Waals surface area contributed by atoms with Gasteiger partial charge in [-0.15, -0.1) is 0 Å². The predicted molar refractivity (Wildman–Crippen MR) is 100 cm³/mol. The van der Waals surface area contributed by atoms with E-state index in [-0.39, 0.29) is 36.4 Å². The molecule has 150 valence electrons. The van der Waals surface area contributed by atoms with Gasteiger partial charge >= 0.3 is 0 Å². The van der Waals surface area contributed by atoms with Crippen LogP contribution in [0.3, 0.4) is 0 Å². The molecule has 9 nitrogen and oxygen atoms in total. The van der Waals surface area contributed by atoms with E-state index in [0.717, 1.165) is 5.56 Å². The number of aryl methyl sites for hydroxylation is 1. The quantitative estimate of drug-likeness (QED) is 0.386. The van der Waals surface area contributed by atoms with E-state index >= 15 is 0 Å². The number of hydrogen-bond acceptors (Lipinski definition) is 5. The molecule has 0 saturated carbocycles. The third-order valence-corrected chi connectivity index (χ3v) is 4.89. The second-order valence-corrected chi connectivity index (χ2v) is 7.98. The van der Waals surface area contributed by atoms with E-state index in [0.29, 0.717) is 0 Å². The first-order valence-electron chi connectivity index (χ1n) is 8.49. The highest BCUT2D eigenvalue weighted by atomic mass is 32.2. The normalized spacial score (nSPS) is 11.1. The summed E-state index contributed by atoms with van der Waals surface area (Å²) in [5.41, 5.74) is 0.918. The second kappa shape index (κ2) is 10.6. The molecule has 0 radical (unpaired) electrons. The van der Waals surface area contributed by atoms with Crippen molar-refractivity contribution in [1.82, 2.24) is 20.7 Å². The first-order chi connectivity index (χ1) is 12.6. The Labute approximate surface area is 159 Å². The first kappa shape index (κ1) is 22.6. The monoisotopic (exact) mass is 398 g/mol. The van der Waals surface area contributed by atoms with Gasteiger partial charge in [-0.25, -0.2) is 13.1 Å². The van der Waals surface area contributed by atoms with Gasteiger partial charge in [-0.3, -0.25) is 14.4 Å². The van der Waals surface area contributed by atoms with Gasteiger partial charge in [0.25, 0.3) is 0 Å². The molecule has 0 aromatic heterocycles. The Hall–Kier alpha value is -2.46. The smallest absolute Gasteiger partial charge is 0.241 e. The highest BCUT2D eigenvalue weighted by molar-refractivity contribution is 7.89. The van der Waals surface area contributed by atoms with Crippen molar-refractivity contribution >= 4 is 27.7 Å². The molecule has 0 atom stereocenters. The zero-order valence-corrected chi connectivity index (χ0v) is 16.5. The van der Waals surface area contributed by atoms with Crippen molar-refractivity contribution in [3.63, 3.8) is 0 Å². The van der Waals surface area contributed by atoms with Crippen LogP contribution in [-0.2, 0) is 24.4 Å². The molecular formula is C17H26N4O5S. The summed E-state index contributed by atoms with van der Waals surface area (Å²) in [7, 11) is -3.80. The van der Waals surface area contributed by atoms with Crippen molar-refractivity contribution in [3.8, 4) is 0 Å². The van der Waals surface area contributed by atoms with Crippen LogP contribution in [0.2, 0.25) is 0 Å². The molecule has 0 aliphatic carbocycles. The van der Waals surface area contributed by atoms with Gasteiger partial charge in [0.15, 0.2) is 0 Å². The summed E-state index contributed by atoms with van der Waals surface area (Å²) in [5.74, 6) is -1.32. The Kier molecular flexibility index (Phi) is 8.89. The van der Waals surface area contributed by atoms with Crippen LogP contribution < -0.4 is 20.7 Å². The van der Waals surface area contributed by atoms with Crippen molar-refractivity contribution in [2.45, 2.75) is 25.7 Å². The average molecular weight is 398 g/mol. The molecule has 0 saturated heterocycles. The van der Waals surface area contributed by atoms with Crippen LogP contribution in [-0.4, -0.2) is 52.3 Å². The number of carbonyl (C=O) groups is 3. The van der Waals surface area contributed by atoms with Crippen LogP contribution in [0.4, 0.5) is 0 Å². The van der Waals surface area contributed by atoms with E-state index in [1.165, 1.54) is 12.1 Å². The lowest BCUT2D eigenvalue weighted by atomic mass is 10.2. The molecule has 1 rings (SSSR count). The van der Waals surface area contributed by atoms with Crippen LogP contribution in [0.25, 0.3) is 0 Å². The van der Waals surface area contributed by atoms with Gasteiger partial charge in [-0.2, -0.15) is 0 Å². The van der Waals surface area contributed by atoms with Crippen LogP contribution >= 0.6 is 0 Å². The Morgan fingerprint density at radius 2 is 1.44 bits per heavy atom. The fourth-order valence-electron chi connectivity index (χ4n) is 1.86. The fraction of sp³-hybridized carbons (Fsp3) is 0.471. The van der Waals surface area contributed by atoms with E-state index < -0.39 is 28.4 Å². The lowest BCUT2D eigenvalue weighted by molar-refractivity contribution is -0.125. The summed E-state index contributed by atoms with van der Waals surface area (Å²) in [5, 5.41) is 7.49. The summed E-state index contributed by atoms with van der Waals surface area (Å²) >= 11 is 0. The Balaban J connectivity index is 2.27. The van der Waals surface area contributed by atoms with E-state index in [1.54, 1.807) is 26.0 Å². The Morgan fingerprint density at radius 3 is 2.04 bits per heavy atom. The number of amides is 3. The predicted octanol–water partition coefficient (Wildman–Crippen LogP) is -0.722. The van der Waals surface area contributed by atoms with Crippen LogP contribution in [0.5, 0.6) is 0 Å². The molecule has 0 aliphatic heterocycles. The number of benzene rings is 1. The molecule has 4 N–H and O–H groups in total. The Bertz CT molecular complexity index is 760. The van der Waals surface area contributed by atoms with Crippen molar-refractivity contribution in [2.75, 3.05) is 26.2 Å². The number of hydrogen-bond donors (Lipinski definition) is 4. The van der Waals surface area contributed by atoms with Crippen LogP contribution in [0.1, 0.15) is 19.4 Å². The van der Waals surface area contributed by atoms with Gasteiger partial charge in [-0.1, -0.05) is 31.5 Å². The number of carbonyl (C=O) groups excluding carboxylic acids is 3. The zero-order valence-electron chi connectivity index (χ0n) is 15.7. The second-order valence-electron chi connectivity index (χ2n) is 6.21. The summed E-state index contributed by atoms with van der Waals surface area (Å²) in [6.45, 7) is 5.10. The van der Waals surface area contributed by atoms with E-state index in [2.05, 4.69) is 20.7 Å². The molecule has 3 amide bonds. The molecule has 0 heterocycles. The van der Waals surface area contributed by atoms with Crippen LogP contribution in [0, 0.1) is 12.8 Å². The standard InChI is InChI=1S/C17H26N4O5S/c1-12(2)17(24)19-9-8-18-15(22)10-20-16(23)11-21-27(25,26)14-6-4-13(3)5-7-14/h4-7,12,21H,8-11H2,1-3H3,(H,18,22)(H,19,24)(H,20,23). The molecule has 0 aliphatic rings. The molecule has 27 heavy (non-hydrogen) atoms. The van der Waals surface area contributed by atoms with Gasteiger partial charge in [0, 0.05) is 19.0 Å². The topological polar surface area (TPSA) is 133 Å². The van der Waals surface area contributed by atoms with Gasteiger partial charge in [-0.05, 0) is 19.1 Å². The fourth-order valence-corrected chi connectivity index (χ4v) is 2.84. The Morgan fingerprint density at radius 1 is 0.889 bits per heavy atom.